The van der Waals surface area contributed by atoms with Crippen LogP contribution in [0.1, 0.15) is 24.2 Å². The first-order valence-electron chi connectivity index (χ1n) is 5.19. The van der Waals surface area contributed by atoms with Crippen LogP contribution in [0.2, 0.25) is 0 Å². The number of carbonyl (C=O) groups is 1. The van der Waals surface area contributed by atoms with Crippen LogP contribution in [0.3, 0.4) is 0 Å². The van der Waals surface area contributed by atoms with Gasteiger partial charge in [0, 0.05) is 5.56 Å². The van der Waals surface area contributed by atoms with Crippen molar-refractivity contribution in [2.75, 3.05) is 6.61 Å². The average molecular weight is 234 g/mol. The number of hydrogen-bond donors (Lipinski definition) is 2. The van der Waals surface area contributed by atoms with Crippen LogP contribution in [-0.2, 0) is 9.53 Å². The quantitative estimate of drug-likeness (QED) is 0.592. The van der Waals surface area contributed by atoms with E-state index in [0.29, 0.717) is 11.1 Å². The minimum absolute atomic E-state index is 0.146. The number of esters is 1. The van der Waals surface area contributed by atoms with Gasteiger partial charge in [-0.15, -0.1) is 6.42 Å². The van der Waals surface area contributed by atoms with E-state index in [1.165, 1.54) is 6.07 Å². The Kier molecular flexibility index (Phi) is 4.70. The summed E-state index contributed by atoms with van der Waals surface area (Å²) in [5.41, 5.74) is 0.943. The van der Waals surface area contributed by atoms with E-state index < -0.39 is 18.2 Å². The van der Waals surface area contributed by atoms with Crippen molar-refractivity contribution in [1.29, 1.82) is 0 Å². The molecule has 90 valence electrons. The number of aliphatic hydroxyl groups excluding tert-OH is 2. The van der Waals surface area contributed by atoms with Crippen LogP contribution in [0.4, 0.5) is 0 Å². The number of rotatable bonds is 4. The Bertz CT molecular complexity index is 433. The first-order chi connectivity index (χ1) is 8.10. The smallest absolute Gasteiger partial charge is 0.338 e. The van der Waals surface area contributed by atoms with Crippen LogP contribution in [0.5, 0.6) is 0 Å². The molecule has 2 unspecified atom stereocenters. The molecule has 4 heteroatoms. The van der Waals surface area contributed by atoms with E-state index in [9.17, 15) is 15.0 Å². The van der Waals surface area contributed by atoms with Crippen molar-refractivity contribution < 1.29 is 19.7 Å². The predicted octanol–water partition coefficient (Wildman–Crippen LogP) is 0.625. The molecule has 0 saturated heterocycles. The maximum atomic E-state index is 11.2. The van der Waals surface area contributed by atoms with Gasteiger partial charge in [0.2, 0.25) is 0 Å². The van der Waals surface area contributed by atoms with Gasteiger partial charge in [-0.3, -0.25) is 0 Å². The van der Waals surface area contributed by atoms with E-state index in [0.717, 1.165) is 0 Å². The molecule has 1 rings (SSSR count). The van der Waals surface area contributed by atoms with Gasteiger partial charge in [0.05, 0.1) is 6.61 Å². The molecule has 0 saturated carbocycles. The van der Waals surface area contributed by atoms with E-state index in [2.05, 4.69) is 10.7 Å². The lowest BCUT2D eigenvalue weighted by atomic mass is 10.0. The summed E-state index contributed by atoms with van der Waals surface area (Å²) in [6.07, 6.45) is 2.26. The number of hydrogen-bond acceptors (Lipinski definition) is 4. The zero-order chi connectivity index (χ0) is 12.8. The molecule has 0 spiro atoms. The van der Waals surface area contributed by atoms with E-state index in [-0.39, 0.29) is 6.61 Å². The molecule has 0 heterocycles. The highest BCUT2D eigenvalue weighted by molar-refractivity contribution is 5.75. The Labute approximate surface area is 99.8 Å². The van der Waals surface area contributed by atoms with E-state index in [1.54, 1.807) is 25.1 Å². The van der Waals surface area contributed by atoms with Crippen molar-refractivity contribution in [2.24, 2.45) is 0 Å². The third kappa shape index (κ3) is 3.31. The summed E-state index contributed by atoms with van der Waals surface area (Å²) in [7, 11) is 0. The highest BCUT2D eigenvalue weighted by Gasteiger charge is 2.26. The fourth-order valence-electron chi connectivity index (χ4n) is 1.35. The monoisotopic (exact) mass is 234 g/mol. The molecule has 17 heavy (non-hydrogen) atoms. The summed E-state index contributed by atoms with van der Waals surface area (Å²) in [4.78, 5) is 11.2. The topological polar surface area (TPSA) is 66.8 Å². The average Bonchev–Trinajstić information content (AvgIpc) is 2.37. The molecule has 0 aliphatic carbocycles. The molecule has 0 radical (unpaired) electrons. The van der Waals surface area contributed by atoms with Crippen molar-refractivity contribution in [3.8, 4) is 12.3 Å². The Morgan fingerprint density at radius 3 is 2.82 bits per heavy atom. The maximum Gasteiger partial charge on any atom is 0.338 e. The van der Waals surface area contributed by atoms with Crippen LogP contribution in [-0.4, -0.2) is 28.9 Å². The molecule has 0 aromatic heterocycles. The summed E-state index contributed by atoms with van der Waals surface area (Å²) in [5, 5.41) is 19.3. The molecule has 1 aromatic carbocycles. The Balaban J connectivity index is 2.85. The Morgan fingerprint density at radius 2 is 2.24 bits per heavy atom. The standard InChI is InChI=1S/C13H14O4/c1-3-9-6-5-7-10(8-9)11(14)12(15)13(16)17-4-2/h1,5-8,11-12,14-15H,4H2,2H3. The molecule has 0 amide bonds. The Hall–Kier alpha value is -1.83. The summed E-state index contributed by atoms with van der Waals surface area (Å²) >= 11 is 0. The van der Waals surface area contributed by atoms with Gasteiger partial charge in [0.1, 0.15) is 6.10 Å². The van der Waals surface area contributed by atoms with Crippen molar-refractivity contribution in [3.05, 3.63) is 35.4 Å². The zero-order valence-corrected chi connectivity index (χ0v) is 9.46. The van der Waals surface area contributed by atoms with Crippen LogP contribution >= 0.6 is 0 Å². The lowest BCUT2D eigenvalue weighted by molar-refractivity contribution is -0.159. The van der Waals surface area contributed by atoms with Gasteiger partial charge in [-0.2, -0.15) is 0 Å². The second-order valence-corrected chi connectivity index (χ2v) is 3.41. The zero-order valence-electron chi connectivity index (χ0n) is 9.46. The SMILES string of the molecule is C#Cc1cccc(C(O)C(O)C(=O)OCC)c1. The Morgan fingerprint density at radius 1 is 1.53 bits per heavy atom. The molecule has 4 nitrogen and oxygen atoms in total. The lowest BCUT2D eigenvalue weighted by Gasteiger charge is -2.16. The molecule has 0 fully saturated rings. The van der Waals surface area contributed by atoms with Gasteiger partial charge < -0.3 is 14.9 Å². The number of carbonyl (C=O) groups excluding carboxylic acids is 1. The maximum absolute atomic E-state index is 11.2. The van der Waals surface area contributed by atoms with Crippen molar-refractivity contribution in [3.63, 3.8) is 0 Å². The fraction of sp³-hybridized carbons (Fsp3) is 0.308. The van der Waals surface area contributed by atoms with Gasteiger partial charge >= 0.3 is 5.97 Å². The van der Waals surface area contributed by atoms with E-state index in [1.807, 2.05) is 0 Å². The van der Waals surface area contributed by atoms with Gasteiger partial charge in [0.15, 0.2) is 6.10 Å². The largest absolute Gasteiger partial charge is 0.464 e. The summed E-state index contributed by atoms with van der Waals surface area (Å²) in [6, 6.07) is 6.44. The molecule has 2 atom stereocenters. The second-order valence-electron chi connectivity index (χ2n) is 3.41. The minimum Gasteiger partial charge on any atom is -0.464 e. The van der Waals surface area contributed by atoms with Gasteiger partial charge in [0.25, 0.3) is 0 Å². The molecule has 0 bridgehead atoms. The molecular weight excluding hydrogens is 220 g/mol. The lowest BCUT2D eigenvalue weighted by Crippen LogP contribution is -2.29. The molecule has 0 aliphatic rings. The molecule has 1 aromatic rings. The normalized spacial score (nSPS) is 13.5. The van der Waals surface area contributed by atoms with Crippen LogP contribution in [0.25, 0.3) is 0 Å². The van der Waals surface area contributed by atoms with Crippen LogP contribution in [0.15, 0.2) is 24.3 Å². The third-order valence-electron chi connectivity index (χ3n) is 2.22. The van der Waals surface area contributed by atoms with Gasteiger partial charge in [-0.05, 0) is 24.6 Å². The highest BCUT2D eigenvalue weighted by atomic mass is 16.5. The number of ether oxygens (including phenoxy) is 1. The van der Waals surface area contributed by atoms with Crippen LogP contribution < -0.4 is 0 Å². The van der Waals surface area contributed by atoms with Crippen molar-refractivity contribution in [2.45, 2.75) is 19.1 Å². The number of terminal acetylenes is 1. The van der Waals surface area contributed by atoms with Crippen molar-refractivity contribution in [1.82, 2.24) is 0 Å². The minimum atomic E-state index is -1.61. The first kappa shape index (κ1) is 13.2. The summed E-state index contributed by atoms with van der Waals surface area (Å²) in [6.45, 7) is 1.77. The summed E-state index contributed by atoms with van der Waals surface area (Å²) in [5.74, 6) is 1.55. The van der Waals surface area contributed by atoms with E-state index in [4.69, 9.17) is 6.42 Å². The molecule has 0 aliphatic heterocycles. The fourth-order valence-corrected chi connectivity index (χ4v) is 1.35. The van der Waals surface area contributed by atoms with Crippen molar-refractivity contribution >= 4 is 5.97 Å². The predicted molar refractivity (Wildman–Crippen MR) is 62.0 cm³/mol. The van der Waals surface area contributed by atoms with Crippen LogP contribution in [0, 0.1) is 12.3 Å². The number of benzene rings is 1. The highest BCUT2D eigenvalue weighted by Crippen LogP contribution is 2.18. The second kappa shape index (κ2) is 6.04. The van der Waals surface area contributed by atoms with Gasteiger partial charge in [-0.1, -0.05) is 18.1 Å². The van der Waals surface area contributed by atoms with Gasteiger partial charge in [-0.25, -0.2) is 4.79 Å². The first-order valence-corrected chi connectivity index (χ1v) is 5.19. The molecule has 2 N–H and O–H groups in total. The van der Waals surface area contributed by atoms with E-state index >= 15 is 0 Å². The molecular formula is C13H14O4. The number of aliphatic hydroxyl groups is 2. The third-order valence-corrected chi connectivity index (χ3v) is 2.22. The summed E-state index contributed by atoms with van der Waals surface area (Å²) < 4.78 is 4.61.